The molecule has 0 aromatic carbocycles. The van der Waals surface area contributed by atoms with Crippen LogP contribution in [0.3, 0.4) is 0 Å². The fourth-order valence-electron chi connectivity index (χ4n) is 2.89. The fraction of sp³-hybridized carbons (Fsp3) is 0.733. The first-order chi connectivity index (χ1) is 10.4. The van der Waals surface area contributed by atoms with Gasteiger partial charge in [-0.25, -0.2) is 0 Å². The predicted octanol–water partition coefficient (Wildman–Crippen LogP) is 2.51. The van der Waals surface area contributed by atoms with Gasteiger partial charge < -0.3 is 10.6 Å². The summed E-state index contributed by atoms with van der Waals surface area (Å²) in [5.41, 5.74) is -0.600. The average Bonchev–Trinajstić information content (AvgIpc) is 3.07. The van der Waals surface area contributed by atoms with Crippen LogP contribution >= 0.6 is 11.3 Å². The highest BCUT2D eigenvalue weighted by molar-refractivity contribution is 7.15. The molecule has 6 nitrogen and oxygen atoms in total. The van der Waals surface area contributed by atoms with Gasteiger partial charge in [-0.1, -0.05) is 31.1 Å². The van der Waals surface area contributed by atoms with E-state index in [9.17, 15) is 9.59 Å². The van der Waals surface area contributed by atoms with E-state index in [1.54, 1.807) is 0 Å². The molecule has 0 saturated heterocycles. The van der Waals surface area contributed by atoms with Crippen molar-refractivity contribution in [2.75, 3.05) is 5.32 Å². The molecular weight excluding hydrogens is 300 g/mol. The highest BCUT2D eigenvalue weighted by atomic mass is 32.1. The lowest BCUT2D eigenvalue weighted by atomic mass is 9.81. The molecule has 122 valence electrons. The van der Waals surface area contributed by atoms with Crippen LogP contribution in [-0.4, -0.2) is 28.1 Å². The lowest BCUT2D eigenvalue weighted by Gasteiger charge is -2.26. The second-order valence-electron chi connectivity index (χ2n) is 6.20. The van der Waals surface area contributed by atoms with E-state index in [0.29, 0.717) is 5.13 Å². The molecule has 0 atom stereocenters. The van der Waals surface area contributed by atoms with Crippen molar-refractivity contribution in [3.05, 3.63) is 5.01 Å². The van der Waals surface area contributed by atoms with Crippen molar-refractivity contribution in [1.82, 2.24) is 15.5 Å². The monoisotopic (exact) mass is 324 g/mol. The van der Waals surface area contributed by atoms with Crippen molar-refractivity contribution < 1.29 is 9.59 Å². The van der Waals surface area contributed by atoms with E-state index in [0.717, 1.165) is 37.1 Å². The van der Waals surface area contributed by atoms with Crippen LogP contribution in [0.5, 0.6) is 0 Å². The van der Waals surface area contributed by atoms with Gasteiger partial charge in [0.1, 0.15) is 5.01 Å². The summed E-state index contributed by atoms with van der Waals surface area (Å²) in [7, 11) is 0. The predicted molar refractivity (Wildman–Crippen MR) is 86.7 cm³/mol. The summed E-state index contributed by atoms with van der Waals surface area (Å²) >= 11 is 1.39. The SMILES string of the molecule is CCc1nnc(NC(=O)C2(CC(=O)NC(C)C)CCCC2)s1. The summed E-state index contributed by atoms with van der Waals surface area (Å²) in [5.74, 6) is -0.152. The normalized spacial score (nSPS) is 16.7. The Balaban J connectivity index is 2.05. The molecular formula is C15H24N4O2S. The summed E-state index contributed by atoms with van der Waals surface area (Å²) in [6.07, 6.45) is 4.52. The van der Waals surface area contributed by atoms with Gasteiger partial charge in [0.25, 0.3) is 0 Å². The Morgan fingerprint density at radius 2 is 1.95 bits per heavy atom. The number of aryl methyl sites for hydroxylation is 1. The van der Waals surface area contributed by atoms with Gasteiger partial charge >= 0.3 is 0 Å². The minimum absolute atomic E-state index is 0.0569. The lowest BCUT2D eigenvalue weighted by molar-refractivity contribution is -0.132. The molecule has 2 amide bonds. The first-order valence-corrected chi connectivity index (χ1v) is 8.70. The van der Waals surface area contributed by atoms with Crippen molar-refractivity contribution in [1.29, 1.82) is 0 Å². The molecule has 0 bridgehead atoms. The summed E-state index contributed by atoms with van der Waals surface area (Å²) in [6, 6.07) is 0.0873. The van der Waals surface area contributed by atoms with Crippen LogP contribution in [0.15, 0.2) is 0 Å². The van der Waals surface area contributed by atoms with Crippen molar-refractivity contribution in [2.45, 2.75) is 65.3 Å². The van der Waals surface area contributed by atoms with E-state index in [2.05, 4.69) is 20.8 Å². The highest BCUT2D eigenvalue weighted by Crippen LogP contribution is 2.42. The zero-order chi connectivity index (χ0) is 16.2. The zero-order valence-corrected chi connectivity index (χ0v) is 14.3. The molecule has 2 N–H and O–H groups in total. The van der Waals surface area contributed by atoms with Gasteiger partial charge in [-0.3, -0.25) is 9.59 Å². The standard InChI is InChI=1S/C15H24N4O2S/c1-4-12-18-19-14(22-12)17-13(21)15(7-5-6-8-15)9-11(20)16-10(2)3/h10H,4-9H2,1-3H3,(H,16,20)(H,17,19,21). The van der Waals surface area contributed by atoms with Crippen molar-refractivity contribution in [3.8, 4) is 0 Å². The Morgan fingerprint density at radius 3 is 2.50 bits per heavy atom. The molecule has 2 rings (SSSR count). The molecule has 0 unspecified atom stereocenters. The van der Waals surface area contributed by atoms with Crippen molar-refractivity contribution in [2.24, 2.45) is 5.41 Å². The third-order valence-electron chi connectivity index (χ3n) is 3.98. The largest absolute Gasteiger partial charge is 0.354 e. The fourth-order valence-corrected chi connectivity index (χ4v) is 3.57. The number of nitrogens with zero attached hydrogens (tertiary/aromatic N) is 2. The maximum atomic E-state index is 12.7. The molecule has 22 heavy (non-hydrogen) atoms. The van der Waals surface area contributed by atoms with E-state index < -0.39 is 5.41 Å². The van der Waals surface area contributed by atoms with E-state index >= 15 is 0 Å². The van der Waals surface area contributed by atoms with Crippen molar-refractivity contribution in [3.63, 3.8) is 0 Å². The number of nitrogens with one attached hydrogen (secondary N) is 2. The third kappa shape index (κ3) is 4.03. The van der Waals surface area contributed by atoms with Gasteiger partial charge in [-0.15, -0.1) is 10.2 Å². The molecule has 1 heterocycles. The number of carbonyl (C=O) groups excluding carboxylic acids is 2. The minimum Gasteiger partial charge on any atom is -0.354 e. The maximum absolute atomic E-state index is 12.7. The molecule has 1 fully saturated rings. The van der Waals surface area contributed by atoms with Crippen LogP contribution in [-0.2, 0) is 16.0 Å². The van der Waals surface area contributed by atoms with Crippen molar-refractivity contribution >= 4 is 28.3 Å². The molecule has 1 aromatic rings. The van der Waals surface area contributed by atoms with E-state index in [1.165, 1.54) is 11.3 Å². The highest BCUT2D eigenvalue weighted by Gasteiger charge is 2.43. The first-order valence-electron chi connectivity index (χ1n) is 7.88. The van der Waals surface area contributed by atoms with E-state index in [-0.39, 0.29) is 24.3 Å². The summed E-state index contributed by atoms with van der Waals surface area (Å²) < 4.78 is 0. The first kappa shape index (κ1) is 16.9. The summed E-state index contributed by atoms with van der Waals surface area (Å²) in [5, 5.41) is 15.2. The van der Waals surface area contributed by atoms with E-state index in [4.69, 9.17) is 0 Å². The average molecular weight is 324 g/mol. The second kappa shape index (κ2) is 7.17. The van der Waals surface area contributed by atoms with Gasteiger partial charge in [0, 0.05) is 12.5 Å². The minimum atomic E-state index is -0.600. The van der Waals surface area contributed by atoms with Crippen LogP contribution < -0.4 is 10.6 Å². The van der Waals surface area contributed by atoms with Crippen LogP contribution in [0.4, 0.5) is 5.13 Å². The van der Waals surface area contributed by atoms with Gasteiger partial charge in [0.15, 0.2) is 0 Å². The Labute approximate surface area is 135 Å². The Kier molecular flexibility index (Phi) is 5.50. The van der Waals surface area contributed by atoms with Gasteiger partial charge in [0.2, 0.25) is 16.9 Å². The second-order valence-corrected chi connectivity index (χ2v) is 7.26. The molecule has 7 heteroatoms. The Bertz CT molecular complexity index is 535. The molecule has 0 aliphatic heterocycles. The van der Waals surface area contributed by atoms with Gasteiger partial charge in [-0.05, 0) is 33.1 Å². The molecule has 0 radical (unpaired) electrons. The molecule has 1 aliphatic carbocycles. The number of aromatic nitrogens is 2. The number of hydrogen-bond donors (Lipinski definition) is 2. The van der Waals surface area contributed by atoms with Crippen LogP contribution in [0, 0.1) is 5.41 Å². The quantitative estimate of drug-likeness (QED) is 0.842. The maximum Gasteiger partial charge on any atom is 0.232 e. The molecule has 1 aromatic heterocycles. The van der Waals surface area contributed by atoms with Gasteiger partial charge in [-0.2, -0.15) is 0 Å². The molecule has 1 aliphatic rings. The summed E-state index contributed by atoms with van der Waals surface area (Å²) in [4.78, 5) is 24.8. The lowest BCUT2D eigenvalue weighted by Crippen LogP contribution is -2.40. The molecule has 1 saturated carbocycles. The zero-order valence-electron chi connectivity index (χ0n) is 13.4. The summed E-state index contributed by atoms with van der Waals surface area (Å²) in [6.45, 7) is 5.85. The smallest absolute Gasteiger partial charge is 0.232 e. The van der Waals surface area contributed by atoms with Crippen LogP contribution in [0.2, 0.25) is 0 Å². The number of rotatable bonds is 6. The Hall–Kier alpha value is -1.50. The number of anilines is 1. The number of carbonyl (C=O) groups is 2. The third-order valence-corrected chi connectivity index (χ3v) is 4.96. The topological polar surface area (TPSA) is 84.0 Å². The Morgan fingerprint density at radius 1 is 1.27 bits per heavy atom. The number of hydrogen-bond acceptors (Lipinski definition) is 5. The van der Waals surface area contributed by atoms with Crippen LogP contribution in [0.1, 0.15) is 57.9 Å². The molecule has 0 spiro atoms. The van der Waals surface area contributed by atoms with E-state index in [1.807, 2.05) is 20.8 Å². The van der Waals surface area contributed by atoms with Gasteiger partial charge in [0.05, 0.1) is 5.41 Å². The van der Waals surface area contributed by atoms with Crippen LogP contribution in [0.25, 0.3) is 0 Å². The number of amides is 2.